The first-order chi connectivity index (χ1) is 14.4. The largest absolute Gasteiger partial charge is 0.302 e. The van der Waals surface area contributed by atoms with Crippen LogP contribution in [0.4, 0.5) is 5.13 Å². The SMILES string of the molecule is CCN(CC)CCN(C(=O)C=Cc1ccccc1Cl)c1nc2c(C)cc(C)cc2s1. The molecule has 158 valence electrons. The van der Waals surface area contributed by atoms with Crippen molar-refractivity contribution in [2.75, 3.05) is 31.1 Å². The summed E-state index contributed by atoms with van der Waals surface area (Å²) in [6, 6.07) is 11.8. The number of carbonyl (C=O) groups excluding carboxylic acids is 1. The molecule has 0 spiro atoms. The fourth-order valence-corrected chi connectivity index (χ4v) is 4.79. The molecule has 1 aromatic heterocycles. The van der Waals surface area contributed by atoms with Crippen LogP contribution in [0.25, 0.3) is 16.3 Å². The van der Waals surface area contributed by atoms with E-state index in [1.54, 1.807) is 28.4 Å². The second-order valence-corrected chi connectivity index (χ2v) is 8.71. The Balaban J connectivity index is 1.92. The number of anilines is 1. The Morgan fingerprint density at radius 2 is 1.87 bits per heavy atom. The highest BCUT2D eigenvalue weighted by Crippen LogP contribution is 2.32. The van der Waals surface area contributed by atoms with Crippen LogP contribution in [0, 0.1) is 13.8 Å². The summed E-state index contributed by atoms with van der Waals surface area (Å²) >= 11 is 7.81. The fourth-order valence-electron chi connectivity index (χ4n) is 3.42. The third kappa shape index (κ3) is 5.28. The molecule has 1 heterocycles. The van der Waals surface area contributed by atoms with Gasteiger partial charge in [0.15, 0.2) is 5.13 Å². The molecule has 2 aromatic carbocycles. The van der Waals surface area contributed by atoms with Gasteiger partial charge in [-0.3, -0.25) is 9.69 Å². The number of halogens is 1. The number of amides is 1. The van der Waals surface area contributed by atoms with E-state index in [9.17, 15) is 4.79 Å². The number of likely N-dealkylation sites (N-methyl/N-ethyl adjacent to an activating group) is 1. The molecule has 0 aliphatic rings. The zero-order valence-electron chi connectivity index (χ0n) is 18.0. The zero-order chi connectivity index (χ0) is 21.7. The molecular formula is C24H28ClN3OS. The summed E-state index contributed by atoms with van der Waals surface area (Å²) in [6.45, 7) is 11.7. The lowest BCUT2D eigenvalue weighted by Crippen LogP contribution is -2.38. The minimum absolute atomic E-state index is 0.0875. The van der Waals surface area contributed by atoms with Crippen molar-refractivity contribution < 1.29 is 4.79 Å². The molecule has 0 bridgehead atoms. The minimum atomic E-state index is -0.0875. The van der Waals surface area contributed by atoms with E-state index in [0.717, 1.165) is 46.1 Å². The summed E-state index contributed by atoms with van der Waals surface area (Å²) in [5.74, 6) is -0.0875. The maximum absolute atomic E-state index is 13.2. The summed E-state index contributed by atoms with van der Waals surface area (Å²) in [5.41, 5.74) is 4.13. The molecule has 1 amide bonds. The Morgan fingerprint density at radius 3 is 2.57 bits per heavy atom. The molecule has 0 aliphatic carbocycles. The maximum atomic E-state index is 13.2. The van der Waals surface area contributed by atoms with Crippen LogP contribution in [-0.2, 0) is 4.79 Å². The number of aromatic nitrogens is 1. The van der Waals surface area contributed by atoms with Crippen molar-refractivity contribution in [2.24, 2.45) is 0 Å². The molecule has 0 radical (unpaired) electrons. The Hall–Kier alpha value is -2.21. The highest BCUT2D eigenvalue weighted by atomic mass is 35.5. The van der Waals surface area contributed by atoms with Crippen LogP contribution in [0.3, 0.4) is 0 Å². The normalized spacial score (nSPS) is 11.7. The van der Waals surface area contributed by atoms with Crippen LogP contribution >= 0.6 is 22.9 Å². The number of benzene rings is 2. The third-order valence-corrected chi connectivity index (χ3v) is 6.53. The lowest BCUT2D eigenvalue weighted by Gasteiger charge is -2.23. The summed E-state index contributed by atoms with van der Waals surface area (Å²) in [4.78, 5) is 22.1. The molecule has 3 rings (SSSR count). The average molecular weight is 442 g/mol. The molecule has 0 aliphatic heterocycles. The van der Waals surface area contributed by atoms with Crippen molar-refractivity contribution in [1.29, 1.82) is 0 Å². The van der Waals surface area contributed by atoms with Crippen molar-refractivity contribution in [1.82, 2.24) is 9.88 Å². The number of aryl methyl sites for hydroxylation is 2. The molecule has 0 atom stereocenters. The van der Waals surface area contributed by atoms with E-state index < -0.39 is 0 Å². The second-order valence-electron chi connectivity index (χ2n) is 7.30. The molecule has 0 fully saturated rings. The van der Waals surface area contributed by atoms with E-state index >= 15 is 0 Å². The highest BCUT2D eigenvalue weighted by molar-refractivity contribution is 7.22. The van der Waals surface area contributed by atoms with Crippen molar-refractivity contribution in [3.8, 4) is 0 Å². The third-order valence-electron chi connectivity index (χ3n) is 5.16. The predicted molar refractivity (Wildman–Crippen MR) is 130 cm³/mol. The maximum Gasteiger partial charge on any atom is 0.252 e. The van der Waals surface area contributed by atoms with Crippen molar-refractivity contribution in [2.45, 2.75) is 27.7 Å². The summed E-state index contributed by atoms with van der Waals surface area (Å²) in [6.07, 6.45) is 3.37. The topological polar surface area (TPSA) is 36.4 Å². The summed E-state index contributed by atoms with van der Waals surface area (Å²) in [7, 11) is 0. The first-order valence-corrected chi connectivity index (χ1v) is 11.5. The van der Waals surface area contributed by atoms with Crippen LogP contribution in [-0.4, -0.2) is 42.0 Å². The smallest absolute Gasteiger partial charge is 0.252 e. The summed E-state index contributed by atoms with van der Waals surface area (Å²) < 4.78 is 1.11. The number of thiazole rings is 1. The Kier molecular flexibility index (Phi) is 7.64. The predicted octanol–water partition coefficient (Wildman–Crippen LogP) is 5.95. The van der Waals surface area contributed by atoms with Gasteiger partial charge in [-0.1, -0.05) is 61.1 Å². The van der Waals surface area contributed by atoms with E-state index in [1.807, 2.05) is 24.3 Å². The second kappa shape index (κ2) is 10.2. The minimum Gasteiger partial charge on any atom is -0.302 e. The molecule has 0 saturated heterocycles. The Bertz CT molecular complexity index is 1060. The van der Waals surface area contributed by atoms with Crippen LogP contribution in [0.5, 0.6) is 0 Å². The Morgan fingerprint density at radius 1 is 1.13 bits per heavy atom. The van der Waals surface area contributed by atoms with Gasteiger partial charge in [-0.05, 0) is 61.8 Å². The van der Waals surface area contributed by atoms with E-state index in [1.165, 1.54) is 5.56 Å². The van der Waals surface area contributed by atoms with Gasteiger partial charge in [-0.25, -0.2) is 4.98 Å². The standard InChI is InChI=1S/C24H28ClN3OS/c1-5-27(6-2)13-14-28(22(29)12-11-19-9-7-8-10-20(19)25)24-26-23-18(4)15-17(3)16-21(23)30-24/h7-12,15-16H,5-6,13-14H2,1-4H3. The molecule has 30 heavy (non-hydrogen) atoms. The molecule has 0 unspecified atom stereocenters. The van der Waals surface area contributed by atoms with Gasteiger partial charge in [0, 0.05) is 24.2 Å². The van der Waals surface area contributed by atoms with E-state index in [4.69, 9.17) is 16.6 Å². The number of rotatable bonds is 8. The number of fused-ring (bicyclic) bond motifs is 1. The van der Waals surface area contributed by atoms with Gasteiger partial charge < -0.3 is 4.90 Å². The van der Waals surface area contributed by atoms with Gasteiger partial charge >= 0.3 is 0 Å². The van der Waals surface area contributed by atoms with Crippen LogP contribution in [0.15, 0.2) is 42.5 Å². The van der Waals surface area contributed by atoms with Gasteiger partial charge in [0.1, 0.15) is 0 Å². The lowest BCUT2D eigenvalue weighted by atomic mass is 10.1. The quantitative estimate of drug-likeness (QED) is 0.405. The molecule has 3 aromatic rings. The summed E-state index contributed by atoms with van der Waals surface area (Å²) in [5, 5.41) is 1.36. The van der Waals surface area contributed by atoms with E-state index in [-0.39, 0.29) is 5.91 Å². The van der Waals surface area contributed by atoms with E-state index in [2.05, 4.69) is 44.7 Å². The number of hydrogen-bond donors (Lipinski definition) is 0. The zero-order valence-corrected chi connectivity index (χ0v) is 19.6. The van der Waals surface area contributed by atoms with Crippen LogP contribution in [0.2, 0.25) is 5.02 Å². The van der Waals surface area contributed by atoms with Crippen molar-refractivity contribution in [3.63, 3.8) is 0 Å². The van der Waals surface area contributed by atoms with Gasteiger partial charge in [-0.15, -0.1) is 0 Å². The molecule has 4 nitrogen and oxygen atoms in total. The lowest BCUT2D eigenvalue weighted by molar-refractivity contribution is -0.114. The van der Waals surface area contributed by atoms with Crippen LogP contribution < -0.4 is 4.90 Å². The number of nitrogens with zero attached hydrogens (tertiary/aromatic N) is 3. The van der Waals surface area contributed by atoms with Crippen molar-refractivity contribution in [3.05, 3.63) is 64.2 Å². The fraction of sp³-hybridized carbons (Fsp3) is 0.333. The van der Waals surface area contributed by atoms with Gasteiger partial charge in [-0.2, -0.15) is 0 Å². The Labute approximate surface area is 187 Å². The average Bonchev–Trinajstić information content (AvgIpc) is 3.14. The number of hydrogen-bond acceptors (Lipinski definition) is 4. The van der Waals surface area contributed by atoms with Gasteiger partial charge in [0.2, 0.25) is 0 Å². The molecule has 0 N–H and O–H groups in total. The van der Waals surface area contributed by atoms with Crippen molar-refractivity contribution >= 4 is 50.3 Å². The molecule has 0 saturated carbocycles. The highest BCUT2D eigenvalue weighted by Gasteiger charge is 2.19. The van der Waals surface area contributed by atoms with E-state index in [0.29, 0.717) is 11.6 Å². The van der Waals surface area contributed by atoms with Gasteiger partial charge in [0.05, 0.1) is 10.2 Å². The first-order valence-electron chi connectivity index (χ1n) is 10.3. The molecule has 6 heteroatoms. The molecular weight excluding hydrogens is 414 g/mol. The van der Waals surface area contributed by atoms with Gasteiger partial charge in [0.25, 0.3) is 5.91 Å². The monoisotopic (exact) mass is 441 g/mol. The first kappa shape index (κ1) is 22.5. The van der Waals surface area contributed by atoms with Crippen LogP contribution in [0.1, 0.15) is 30.5 Å². The number of carbonyl (C=O) groups is 1.